The molecule has 0 bridgehead atoms. The molecule has 1 aromatic rings. The maximum Gasteiger partial charge on any atom is 0.168 e. The van der Waals surface area contributed by atoms with Gasteiger partial charge in [-0.25, -0.2) is 0 Å². The first-order chi connectivity index (χ1) is 8.70. The zero-order valence-corrected chi connectivity index (χ0v) is 10.3. The van der Waals surface area contributed by atoms with Crippen molar-refractivity contribution in [1.29, 1.82) is 0 Å². The Morgan fingerprint density at radius 2 is 1.56 bits per heavy atom. The minimum atomic E-state index is 0.0481. The summed E-state index contributed by atoms with van der Waals surface area (Å²) in [5.41, 5.74) is 12.4. The Morgan fingerprint density at radius 3 is 2.17 bits per heavy atom. The van der Waals surface area contributed by atoms with Crippen molar-refractivity contribution < 1.29 is 19.7 Å². The molecule has 0 unspecified atom stereocenters. The van der Waals surface area contributed by atoms with Crippen LogP contribution in [0.15, 0.2) is 12.1 Å². The lowest BCUT2D eigenvalue weighted by Crippen LogP contribution is -2.07. The standard InChI is InChI=1S/C12H20N2O4/c13-9-3-4-10(17-7-1-5-15)11(14)12(9)18-8-2-6-16/h3-4,15-16H,1-2,5-8,13-14H2. The highest BCUT2D eigenvalue weighted by Gasteiger charge is 2.11. The molecule has 6 nitrogen and oxygen atoms in total. The summed E-state index contributed by atoms with van der Waals surface area (Å²) in [5.74, 6) is 0.863. The second-order valence-corrected chi connectivity index (χ2v) is 3.75. The first-order valence-electron chi connectivity index (χ1n) is 5.86. The number of anilines is 2. The largest absolute Gasteiger partial charge is 0.491 e. The summed E-state index contributed by atoms with van der Waals surface area (Å²) < 4.78 is 10.8. The van der Waals surface area contributed by atoms with Crippen LogP contribution in [-0.4, -0.2) is 36.6 Å². The topological polar surface area (TPSA) is 111 Å². The summed E-state index contributed by atoms with van der Waals surface area (Å²) in [6.45, 7) is 0.826. The lowest BCUT2D eigenvalue weighted by Gasteiger charge is -2.15. The summed E-state index contributed by atoms with van der Waals surface area (Å²) in [4.78, 5) is 0. The van der Waals surface area contributed by atoms with Crippen LogP contribution in [0.25, 0.3) is 0 Å². The van der Waals surface area contributed by atoms with Crippen molar-refractivity contribution >= 4 is 11.4 Å². The molecule has 0 aliphatic rings. The van der Waals surface area contributed by atoms with E-state index >= 15 is 0 Å². The smallest absolute Gasteiger partial charge is 0.168 e. The summed E-state index contributed by atoms with van der Waals surface area (Å²) >= 11 is 0. The second kappa shape index (κ2) is 7.62. The lowest BCUT2D eigenvalue weighted by atomic mass is 10.2. The fourth-order valence-corrected chi connectivity index (χ4v) is 1.37. The number of hydrogen-bond acceptors (Lipinski definition) is 6. The lowest BCUT2D eigenvalue weighted by molar-refractivity contribution is 0.229. The summed E-state index contributed by atoms with van der Waals surface area (Å²) in [6, 6.07) is 3.32. The van der Waals surface area contributed by atoms with Crippen LogP contribution in [0.3, 0.4) is 0 Å². The minimum Gasteiger partial charge on any atom is -0.491 e. The molecule has 6 N–H and O–H groups in total. The van der Waals surface area contributed by atoms with E-state index in [0.29, 0.717) is 48.9 Å². The quantitative estimate of drug-likeness (QED) is 0.395. The molecule has 0 heterocycles. The number of nitrogens with two attached hydrogens (primary N) is 2. The maximum absolute atomic E-state index is 8.69. The highest BCUT2D eigenvalue weighted by molar-refractivity contribution is 5.73. The molecule has 0 fully saturated rings. The maximum atomic E-state index is 8.69. The van der Waals surface area contributed by atoms with Gasteiger partial charge in [0.2, 0.25) is 0 Å². The molecule has 0 atom stereocenters. The number of aliphatic hydroxyl groups is 2. The number of ether oxygens (including phenoxy) is 2. The third-order valence-electron chi connectivity index (χ3n) is 2.30. The molecule has 0 aliphatic heterocycles. The van der Waals surface area contributed by atoms with E-state index in [0.717, 1.165) is 0 Å². The predicted octanol–water partition coefficient (Wildman–Crippen LogP) is 0.373. The third kappa shape index (κ3) is 3.97. The van der Waals surface area contributed by atoms with E-state index in [1.54, 1.807) is 12.1 Å². The van der Waals surface area contributed by atoms with Gasteiger partial charge in [-0.2, -0.15) is 0 Å². The Balaban J connectivity index is 2.72. The van der Waals surface area contributed by atoms with Gasteiger partial charge in [0, 0.05) is 26.1 Å². The molecule has 1 aromatic carbocycles. The first-order valence-corrected chi connectivity index (χ1v) is 5.86. The van der Waals surface area contributed by atoms with E-state index in [-0.39, 0.29) is 13.2 Å². The van der Waals surface area contributed by atoms with Crippen LogP contribution in [0.1, 0.15) is 12.8 Å². The molecule has 0 spiro atoms. The van der Waals surface area contributed by atoms with Gasteiger partial charge in [0.05, 0.1) is 18.9 Å². The second-order valence-electron chi connectivity index (χ2n) is 3.75. The highest BCUT2D eigenvalue weighted by atomic mass is 16.5. The third-order valence-corrected chi connectivity index (χ3v) is 2.30. The molecular weight excluding hydrogens is 236 g/mol. The molecule has 6 heteroatoms. The van der Waals surface area contributed by atoms with Crippen LogP contribution < -0.4 is 20.9 Å². The van der Waals surface area contributed by atoms with Gasteiger partial charge < -0.3 is 31.2 Å². The number of rotatable bonds is 8. The Kier molecular flexibility index (Phi) is 6.10. The van der Waals surface area contributed by atoms with Gasteiger partial charge in [-0.1, -0.05) is 0 Å². The van der Waals surface area contributed by atoms with E-state index in [2.05, 4.69) is 0 Å². The Bertz CT molecular complexity index is 371. The fraction of sp³-hybridized carbons (Fsp3) is 0.500. The zero-order valence-electron chi connectivity index (χ0n) is 10.3. The van der Waals surface area contributed by atoms with E-state index in [1.165, 1.54) is 0 Å². The summed E-state index contributed by atoms with van der Waals surface area (Å²) in [7, 11) is 0. The monoisotopic (exact) mass is 256 g/mol. The molecule has 0 aromatic heterocycles. The minimum absolute atomic E-state index is 0.0481. The van der Waals surface area contributed by atoms with Gasteiger partial charge in [-0.05, 0) is 12.1 Å². The Labute approximate surface area is 106 Å². The summed E-state index contributed by atoms with van der Waals surface area (Å²) in [6.07, 6.45) is 1.04. The van der Waals surface area contributed by atoms with Crippen molar-refractivity contribution in [3.8, 4) is 11.5 Å². The molecule has 0 radical (unpaired) electrons. The van der Waals surface area contributed by atoms with E-state index in [4.69, 9.17) is 31.2 Å². The van der Waals surface area contributed by atoms with E-state index in [9.17, 15) is 0 Å². The number of nitrogen functional groups attached to an aromatic ring is 2. The average Bonchev–Trinajstić information content (AvgIpc) is 2.36. The number of aliphatic hydroxyl groups excluding tert-OH is 2. The van der Waals surface area contributed by atoms with Crippen LogP contribution in [-0.2, 0) is 0 Å². The SMILES string of the molecule is Nc1ccc(OCCCO)c(N)c1OCCCO. The molecule has 0 saturated carbocycles. The Morgan fingerprint density at radius 1 is 0.944 bits per heavy atom. The van der Waals surface area contributed by atoms with Crippen molar-refractivity contribution in [3.63, 3.8) is 0 Å². The van der Waals surface area contributed by atoms with Gasteiger partial charge in [0.1, 0.15) is 11.4 Å². The van der Waals surface area contributed by atoms with Crippen molar-refractivity contribution in [2.75, 3.05) is 37.9 Å². The van der Waals surface area contributed by atoms with Gasteiger partial charge in [-0.15, -0.1) is 0 Å². The summed E-state index contributed by atoms with van der Waals surface area (Å²) in [5, 5.41) is 17.4. The van der Waals surface area contributed by atoms with E-state index < -0.39 is 0 Å². The van der Waals surface area contributed by atoms with Crippen LogP contribution in [0.2, 0.25) is 0 Å². The van der Waals surface area contributed by atoms with Crippen molar-refractivity contribution in [3.05, 3.63) is 12.1 Å². The molecule has 1 rings (SSSR count). The van der Waals surface area contributed by atoms with Crippen molar-refractivity contribution in [2.24, 2.45) is 0 Å². The van der Waals surface area contributed by atoms with Gasteiger partial charge >= 0.3 is 0 Å². The molecular formula is C12H20N2O4. The Hall–Kier alpha value is -1.66. The van der Waals surface area contributed by atoms with Crippen molar-refractivity contribution in [2.45, 2.75) is 12.8 Å². The molecule has 102 valence electrons. The number of hydrogen-bond donors (Lipinski definition) is 4. The fourth-order valence-electron chi connectivity index (χ4n) is 1.37. The average molecular weight is 256 g/mol. The van der Waals surface area contributed by atoms with Gasteiger partial charge in [-0.3, -0.25) is 0 Å². The molecule has 0 amide bonds. The first kappa shape index (κ1) is 14.4. The van der Waals surface area contributed by atoms with Crippen molar-refractivity contribution in [1.82, 2.24) is 0 Å². The van der Waals surface area contributed by atoms with E-state index in [1.807, 2.05) is 0 Å². The zero-order chi connectivity index (χ0) is 13.4. The molecule has 18 heavy (non-hydrogen) atoms. The molecule has 0 saturated heterocycles. The predicted molar refractivity (Wildman–Crippen MR) is 69.7 cm³/mol. The highest BCUT2D eigenvalue weighted by Crippen LogP contribution is 2.37. The van der Waals surface area contributed by atoms with Gasteiger partial charge in [0.25, 0.3) is 0 Å². The van der Waals surface area contributed by atoms with Crippen LogP contribution >= 0.6 is 0 Å². The van der Waals surface area contributed by atoms with Crippen LogP contribution in [0.5, 0.6) is 11.5 Å². The normalized spacial score (nSPS) is 10.3. The number of benzene rings is 1. The van der Waals surface area contributed by atoms with Crippen LogP contribution in [0, 0.1) is 0 Å². The molecule has 0 aliphatic carbocycles. The van der Waals surface area contributed by atoms with Crippen LogP contribution in [0.4, 0.5) is 11.4 Å². The van der Waals surface area contributed by atoms with Gasteiger partial charge in [0.15, 0.2) is 5.75 Å².